The highest BCUT2D eigenvalue weighted by molar-refractivity contribution is 5.73. The predicted octanol–water partition coefficient (Wildman–Crippen LogP) is 0.107. The van der Waals surface area contributed by atoms with Gasteiger partial charge in [0.25, 0.3) is 0 Å². The molecule has 1 fully saturated rings. The lowest BCUT2D eigenvalue weighted by Gasteiger charge is -2.45. The van der Waals surface area contributed by atoms with Gasteiger partial charge in [0.2, 0.25) is 0 Å². The molecular formula is C13H17N3O3. The first-order chi connectivity index (χ1) is 9.07. The molecule has 1 aromatic carbocycles. The number of hydrogen-bond donors (Lipinski definition) is 2. The van der Waals surface area contributed by atoms with E-state index in [2.05, 4.69) is 0 Å². The van der Waals surface area contributed by atoms with Crippen molar-refractivity contribution in [3.05, 3.63) is 34.3 Å². The van der Waals surface area contributed by atoms with Crippen molar-refractivity contribution in [3.63, 3.8) is 0 Å². The molecular weight excluding hydrogens is 246 g/mol. The molecule has 1 atom stereocenters. The second-order valence-corrected chi connectivity index (χ2v) is 5.19. The molecule has 19 heavy (non-hydrogen) atoms. The maximum absolute atomic E-state index is 11.5. The summed E-state index contributed by atoms with van der Waals surface area (Å²) in [5.74, 6) is -0.374. The molecule has 1 saturated heterocycles. The summed E-state index contributed by atoms with van der Waals surface area (Å²) in [5.41, 5.74) is 14.2. The maximum Gasteiger partial charge on any atom is 0.419 e. The van der Waals surface area contributed by atoms with E-state index in [4.69, 9.17) is 20.6 Å². The fourth-order valence-corrected chi connectivity index (χ4v) is 2.48. The average Bonchev–Trinajstić information content (AvgIpc) is 2.64. The Balaban J connectivity index is 2.05. The van der Waals surface area contributed by atoms with E-state index in [0.717, 1.165) is 11.1 Å². The standard InChI is InChI=1S/C13H17N3O3/c1-16-9-4-8(2-3-10(9)19-12(16)17)11(15)13(5-14)6-18-7-13/h2-4,11H,5-7,14-15H2,1H3. The SMILES string of the molecule is Cn1c(=O)oc2ccc(C(N)C3(CN)COC3)cc21. The first-order valence-electron chi connectivity index (χ1n) is 6.20. The Morgan fingerprint density at radius 3 is 2.79 bits per heavy atom. The van der Waals surface area contributed by atoms with Crippen molar-refractivity contribution >= 4 is 11.1 Å². The molecule has 4 N–H and O–H groups in total. The minimum absolute atomic E-state index is 0.198. The van der Waals surface area contributed by atoms with E-state index in [1.54, 1.807) is 13.1 Å². The normalized spacial score (nSPS) is 19.3. The van der Waals surface area contributed by atoms with Crippen LogP contribution < -0.4 is 17.2 Å². The van der Waals surface area contributed by atoms with Crippen LogP contribution in [0.1, 0.15) is 11.6 Å². The van der Waals surface area contributed by atoms with Gasteiger partial charge >= 0.3 is 5.76 Å². The Morgan fingerprint density at radius 2 is 2.21 bits per heavy atom. The Labute approximate surface area is 109 Å². The van der Waals surface area contributed by atoms with Crippen LogP contribution in [0.3, 0.4) is 0 Å². The predicted molar refractivity (Wildman–Crippen MR) is 70.7 cm³/mol. The van der Waals surface area contributed by atoms with Crippen LogP contribution in [0.25, 0.3) is 11.1 Å². The molecule has 102 valence electrons. The maximum atomic E-state index is 11.5. The minimum Gasteiger partial charge on any atom is -0.408 e. The van der Waals surface area contributed by atoms with Gasteiger partial charge in [0, 0.05) is 25.0 Å². The second-order valence-electron chi connectivity index (χ2n) is 5.19. The lowest BCUT2D eigenvalue weighted by molar-refractivity contribution is -0.121. The summed E-state index contributed by atoms with van der Waals surface area (Å²) >= 11 is 0. The average molecular weight is 263 g/mol. The summed E-state index contributed by atoms with van der Waals surface area (Å²) in [6.45, 7) is 1.64. The van der Waals surface area contributed by atoms with Crippen LogP contribution in [0.4, 0.5) is 0 Å². The van der Waals surface area contributed by atoms with Crippen LogP contribution in [0, 0.1) is 5.41 Å². The Hall–Kier alpha value is -1.63. The summed E-state index contributed by atoms with van der Waals surface area (Å²) in [5, 5.41) is 0. The highest BCUT2D eigenvalue weighted by Gasteiger charge is 2.43. The van der Waals surface area contributed by atoms with Crippen LogP contribution in [0.5, 0.6) is 0 Å². The third-order valence-corrected chi connectivity index (χ3v) is 4.02. The van der Waals surface area contributed by atoms with Crippen LogP contribution in [-0.4, -0.2) is 24.3 Å². The van der Waals surface area contributed by atoms with Gasteiger partial charge in [-0.15, -0.1) is 0 Å². The molecule has 0 bridgehead atoms. The molecule has 2 aromatic rings. The number of nitrogens with zero attached hydrogens (tertiary/aromatic N) is 1. The van der Waals surface area contributed by atoms with E-state index in [0.29, 0.717) is 25.3 Å². The number of aryl methyl sites for hydroxylation is 1. The number of ether oxygens (including phenoxy) is 1. The van der Waals surface area contributed by atoms with Crippen molar-refractivity contribution in [1.82, 2.24) is 4.57 Å². The summed E-state index contributed by atoms with van der Waals surface area (Å²) in [7, 11) is 1.68. The highest BCUT2D eigenvalue weighted by atomic mass is 16.5. The molecule has 1 aliphatic rings. The Morgan fingerprint density at radius 1 is 1.47 bits per heavy atom. The molecule has 1 aromatic heterocycles. The van der Waals surface area contributed by atoms with E-state index < -0.39 is 0 Å². The molecule has 0 spiro atoms. The van der Waals surface area contributed by atoms with Crippen LogP contribution in [-0.2, 0) is 11.8 Å². The van der Waals surface area contributed by atoms with Gasteiger partial charge in [0.05, 0.1) is 18.7 Å². The van der Waals surface area contributed by atoms with E-state index in [1.807, 2.05) is 12.1 Å². The van der Waals surface area contributed by atoms with Gasteiger partial charge in [-0.25, -0.2) is 4.79 Å². The van der Waals surface area contributed by atoms with Gasteiger partial charge in [-0.3, -0.25) is 4.57 Å². The van der Waals surface area contributed by atoms with Crippen molar-refractivity contribution in [2.45, 2.75) is 6.04 Å². The van der Waals surface area contributed by atoms with Gasteiger partial charge in [-0.2, -0.15) is 0 Å². The molecule has 6 nitrogen and oxygen atoms in total. The summed E-state index contributed by atoms with van der Waals surface area (Å²) < 4.78 is 11.8. The molecule has 0 aliphatic carbocycles. The van der Waals surface area contributed by atoms with E-state index in [1.165, 1.54) is 4.57 Å². The lowest BCUT2D eigenvalue weighted by atomic mass is 9.75. The van der Waals surface area contributed by atoms with Crippen LogP contribution in [0.15, 0.2) is 27.4 Å². The summed E-state index contributed by atoms with van der Waals surface area (Å²) in [6.07, 6.45) is 0. The number of oxazole rings is 1. The fourth-order valence-electron chi connectivity index (χ4n) is 2.48. The molecule has 1 aliphatic heterocycles. The number of benzene rings is 1. The number of aromatic nitrogens is 1. The fraction of sp³-hybridized carbons (Fsp3) is 0.462. The van der Waals surface area contributed by atoms with Crippen molar-refractivity contribution in [2.75, 3.05) is 19.8 Å². The first-order valence-corrected chi connectivity index (χ1v) is 6.20. The van der Waals surface area contributed by atoms with Gasteiger partial charge in [0.15, 0.2) is 5.58 Å². The molecule has 3 rings (SSSR count). The minimum atomic E-state index is -0.374. The molecule has 0 saturated carbocycles. The quantitative estimate of drug-likeness (QED) is 0.819. The zero-order valence-corrected chi connectivity index (χ0v) is 10.8. The topological polar surface area (TPSA) is 96.4 Å². The van der Waals surface area contributed by atoms with Crippen molar-refractivity contribution in [1.29, 1.82) is 0 Å². The third kappa shape index (κ3) is 1.72. The number of hydrogen-bond acceptors (Lipinski definition) is 5. The van der Waals surface area contributed by atoms with E-state index >= 15 is 0 Å². The van der Waals surface area contributed by atoms with Gasteiger partial charge in [-0.05, 0) is 17.7 Å². The lowest BCUT2D eigenvalue weighted by Crippen LogP contribution is -2.54. The highest BCUT2D eigenvalue weighted by Crippen LogP contribution is 2.38. The van der Waals surface area contributed by atoms with Crippen molar-refractivity contribution in [3.8, 4) is 0 Å². The van der Waals surface area contributed by atoms with Crippen molar-refractivity contribution in [2.24, 2.45) is 23.9 Å². The number of nitrogens with two attached hydrogens (primary N) is 2. The first kappa shape index (κ1) is 12.4. The Bertz CT molecular complexity index is 664. The zero-order valence-electron chi connectivity index (χ0n) is 10.8. The number of rotatable bonds is 3. The smallest absolute Gasteiger partial charge is 0.408 e. The zero-order chi connectivity index (χ0) is 13.6. The monoisotopic (exact) mass is 263 g/mol. The number of fused-ring (bicyclic) bond motifs is 1. The van der Waals surface area contributed by atoms with Gasteiger partial charge < -0.3 is 20.6 Å². The van der Waals surface area contributed by atoms with E-state index in [-0.39, 0.29) is 17.2 Å². The molecule has 1 unspecified atom stereocenters. The van der Waals surface area contributed by atoms with Crippen molar-refractivity contribution < 1.29 is 9.15 Å². The molecule has 2 heterocycles. The summed E-state index contributed by atoms with van der Waals surface area (Å²) in [4.78, 5) is 11.5. The Kier molecular flexibility index (Phi) is 2.74. The van der Waals surface area contributed by atoms with Crippen LogP contribution >= 0.6 is 0 Å². The largest absolute Gasteiger partial charge is 0.419 e. The molecule has 0 radical (unpaired) electrons. The molecule has 0 amide bonds. The second kappa shape index (κ2) is 4.19. The summed E-state index contributed by atoms with van der Waals surface area (Å²) in [6, 6.07) is 5.34. The molecule has 6 heteroatoms. The third-order valence-electron chi connectivity index (χ3n) is 4.02. The van der Waals surface area contributed by atoms with Crippen LogP contribution in [0.2, 0.25) is 0 Å². The van der Waals surface area contributed by atoms with Gasteiger partial charge in [-0.1, -0.05) is 6.07 Å². The van der Waals surface area contributed by atoms with Gasteiger partial charge in [0.1, 0.15) is 0 Å². The van der Waals surface area contributed by atoms with E-state index in [9.17, 15) is 4.79 Å².